The summed E-state index contributed by atoms with van der Waals surface area (Å²) in [6, 6.07) is 22.1. The molecule has 174 valence electrons. The van der Waals surface area contributed by atoms with E-state index in [0.717, 1.165) is 18.9 Å². The fourth-order valence-electron chi connectivity index (χ4n) is 3.87. The van der Waals surface area contributed by atoms with Gasteiger partial charge in [-0.05, 0) is 54.7 Å². The third-order valence-corrected chi connectivity index (χ3v) is 5.63. The van der Waals surface area contributed by atoms with Crippen molar-refractivity contribution in [3.05, 3.63) is 108 Å². The van der Waals surface area contributed by atoms with Gasteiger partial charge in [0.05, 0.1) is 18.1 Å². The topological polar surface area (TPSA) is 46.9 Å². The van der Waals surface area contributed by atoms with Gasteiger partial charge >= 0.3 is 6.18 Å². The number of benzene rings is 3. The van der Waals surface area contributed by atoms with Gasteiger partial charge in [0.2, 0.25) is 0 Å². The minimum Gasteiger partial charge on any atom is -0.348 e. The number of amides is 1. The Morgan fingerprint density at radius 2 is 1.74 bits per heavy atom. The molecule has 0 saturated heterocycles. The van der Waals surface area contributed by atoms with E-state index < -0.39 is 11.7 Å². The van der Waals surface area contributed by atoms with Crippen LogP contribution in [0.3, 0.4) is 0 Å². The van der Waals surface area contributed by atoms with E-state index in [-0.39, 0.29) is 17.5 Å². The number of nitrogens with zero attached hydrogens (tertiary/aromatic N) is 2. The van der Waals surface area contributed by atoms with Crippen molar-refractivity contribution in [2.75, 3.05) is 0 Å². The van der Waals surface area contributed by atoms with Gasteiger partial charge in [0.1, 0.15) is 5.69 Å². The summed E-state index contributed by atoms with van der Waals surface area (Å²) >= 11 is 0. The largest absolute Gasteiger partial charge is 0.417 e. The van der Waals surface area contributed by atoms with E-state index in [1.54, 1.807) is 34.9 Å². The van der Waals surface area contributed by atoms with Crippen molar-refractivity contribution in [2.45, 2.75) is 32.0 Å². The van der Waals surface area contributed by atoms with Crippen LogP contribution in [0, 0.1) is 0 Å². The number of carbonyl (C=O) groups excluding carboxylic acids is 1. The van der Waals surface area contributed by atoms with Crippen LogP contribution in [0.15, 0.2) is 91.4 Å². The van der Waals surface area contributed by atoms with Gasteiger partial charge in [-0.25, -0.2) is 4.98 Å². The van der Waals surface area contributed by atoms with Crippen molar-refractivity contribution in [1.29, 1.82) is 0 Å². The highest BCUT2D eigenvalue weighted by Crippen LogP contribution is 2.37. The predicted octanol–water partition coefficient (Wildman–Crippen LogP) is 6.31. The van der Waals surface area contributed by atoms with E-state index in [0.29, 0.717) is 16.9 Å². The normalized spacial score (nSPS) is 12.4. The van der Waals surface area contributed by atoms with Crippen molar-refractivity contribution in [3.8, 4) is 16.8 Å². The summed E-state index contributed by atoms with van der Waals surface area (Å²) in [5.74, 6) is -0.292. The third kappa shape index (κ3) is 5.36. The summed E-state index contributed by atoms with van der Waals surface area (Å²) in [4.78, 5) is 17.0. The van der Waals surface area contributed by atoms with Gasteiger partial charge in [0.25, 0.3) is 5.91 Å². The zero-order valence-corrected chi connectivity index (χ0v) is 18.6. The maximum atomic E-state index is 13.5. The third-order valence-electron chi connectivity index (χ3n) is 5.63. The number of aromatic nitrogens is 2. The lowest BCUT2D eigenvalue weighted by Crippen LogP contribution is -2.34. The molecule has 0 aliphatic carbocycles. The SMILES string of the molecule is CC(CCc1ccccc1)NC(=O)c1cncn1-c1cccc(-c2ccccc2C(F)(F)F)c1. The van der Waals surface area contributed by atoms with E-state index >= 15 is 0 Å². The molecule has 7 heteroatoms. The predicted molar refractivity (Wildman–Crippen MR) is 126 cm³/mol. The minimum atomic E-state index is -4.47. The van der Waals surface area contributed by atoms with Crippen LogP contribution >= 0.6 is 0 Å². The Bertz CT molecular complexity index is 1270. The molecule has 0 aliphatic heterocycles. The Balaban J connectivity index is 1.53. The lowest BCUT2D eigenvalue weighted by Gasteiger charge is -2.16. The van der Waals surface area contributed by atoms with Gasteiger partial charge in [-0.2, -0.15) is 13.2 Å². The van der Waals surface area contributed by atoms with E-state index in [2.05, 4.69) is 10.3 Å². The van der Waals surface area contributed by atoms with Gasteiger partial charge in [0.15, 0.2) is 0 Å². The van der Waals surface area contributed by atoms with Gasteiger partial charge in [-0.15, -0.1) is 0 Å². The first-order valence-electron chi connectivity index (χ1n) is 11.0. The van der Waals surface area contributed by atoms with Crippen LogP contribution in [0.25, 0.3) is 16.8 Å². The highest BCUT2D eigenvalue weighted by molar-refractivity contribution is 5.93. The van der Waals surface area contributed by atoms with Crippen molar-refractivity contribution in [3.63, 3.8) is 0 Å². The molecule has 0 saturated carbocycles. The molecule has 1 aromatic heterocycles. The molecule has 0 aliphatic rings. The maximum absolute atomic E-state index is 13.5. The molecular formula is C27H24F3N3O. The van der Waals surface area contributed by atoms with Crippen LogP contribution in [0.5, 0.6) is 0 Å². The quantitative estimate of drug-likeness (QED) is 0.349. The fourth-order valence-corrected chi connectivity index (χ4v) is 3.87. The molecule has 0 radical (unpaired) electrons. The molecule has 4 aromatic rings. The van der Waals surface area contributed by atoms with Gasteiger partial charge in [-0.1, -0.05) is 60.7 Å². The molecular weight excluding hydrogens is 439 g/mol. The van der Waals surface area contributed by atoms with Crippen LogP contribution in [-0.4, -0.2) is 21.5 Å². The zero-order chi connectivity index (χ0) is 24.1. The molecule has 1 unspecified atom stereocenters. The molecule has 0 fully saturated rings. The number of halogens is 3. The summed E-state index contributed by atoms with van der Waals surface area (Å²) in [5, 5.41) is 2.99. The molecule has 3 aromatic carbocycles. The van der Waals surface area contributed by atoms with Gasteiger partial charge < -0.3 is 5.32 Å². The van der Waals surface area contributed by atoms with E-state index in [1.165, 1.54) is 30.2 Å². The minimum absolute atomic E-state index is 0.0685. The molecule has 0 spiro atoms. The molecule has 4 rings (SSSR count). The molecule has 1 atom stereocenters. The summed E-state index contributed by atoms with van der Waals surface area (Å²) in [6.07, 6.45) is 0.0757. The number of nitrogens with one attached hydrogen (secondary N) is 1. The zero-order valence-electron chi connectivity index (χ0n) is 18.6. The van der Waals surface area contributed by atoms with E-state index in [1.807, 2.05) is 37.3 Å². The van der Waals surface area contributed by atoms with Crippen LogP contribution in [0.1, 0.15) is 35.0 Å². The highest BCUT2D eigenvalue weighted by Gasteiger charge is 2.33. The van der Waals surface area contributed by atoms with Crippen molar-refractivity contribution < 1.29 is 18.0 Å². The first kappa shape index (κ1) is 23.3. The van der Waals surface area contributed by atoms with E-state index in [9.17, 15) is 18.0 Å². The second-order valence-corrected chi connectivity index (χ2v) is 8.14. The van der Waals surface area contributed by atoms with Crippen LogP contribution in [0.2, 0.25) is 0 Å². The van der Waals surface area contributed by atoms with Crippen LogP contribution in [-0.2, 0) is 12.6 Å². The Labute approximate surface area is 196 Å². The second kappa shape index (κ2) is 9.95. The first-order valence-corrected chi connectivity index (χ1v) is 11.0. The number of imidazole rings is 1. The second-order valence-electron chi connectivity index (χ2n) is 8.14. The molecule has 1 heterocycles. The Morgan fingerprint density at radius 3 is 2.50 bits per heavy atom. The van der Waals surface area contributed by atoms with Crippen LogP contribution in [0.4, 0.5) is 13.2 Å². The maximum Gasteiger partial charge on any atom is 0.417 e. The number of carbonyl (C=O) groups is 1. The molecule has 4 nitrogen and oxygen atoms in total. The van der Waals surface area contributed by atoms with Crippen LogP contribution < -0.4 is 5.32 Å². The first-order chi connectivity index (χ1) is 16.3. The fraction of sp³-hybridized carbons (Fsp3) is 0.185. The highest BCUT2D eigenvalue weighted by atomic mass is 19.4. The number of rotatable bonds is 7. The number of alkyl halides is 3. The van der Waals surface area contributed by atoms with Crippen molar-refractivity contribution >= 4 is 5.91 Å². The van der Waals surface area contributed by atoms with Gasteiger partial charge in [-0.3, -0.25) is 9.36 Å². The molecule has 1 N–H and O–H groups in total. The van der Waals surface area contributed by atoms with Gasteiger partial charge in [0, 0.05) is 11.7 Å². The Hall–Kier alpha value is -3.87. The summed E-state index contributed by atoms with van der Waals surface area (Å²) < 4.78 is 42.1. The van der Waals surface area contributed by atoms with Crippen molar-refractivity contribution in [1.82, 2.24) is 14.9 Å². The standard InChI is InChI=1S/C27H24F3N3O/c1-19(14-15-20-8-3-2-4-9-20)32-26(34)25-17-31-18-33(25)22-11-7-10-21(16-22)23-12-5-6-13-24(23)27(28,29)30/h2-13,16-19H,14-15H2,1H3,(H,32,34). The molecule has 1 amide bonds. The number of hydrogen-bond acceptors (Lipinski definition) is 2. The lowest BCUT2D eigenvalue weighted by atomic mass is 9.99. The molecule has 0 bridgehead atoms. The summed E-state index contributed by atoms with van der Waals surface area (Å²) in [6.45, 7) is 1.94. The monoisotopic (exact) mass is 463 g/mol. The lowest BCUT2D eigenvalue weighted by molar-refractivity contribution is -0.137. The summed E-state index contributed by atoms with van der Waals surface area (Å²) in [7, 11) is 0. The average molecular weight is 464 g/mol. The van der Waals surface area contributed by atoms with E-state index in [4.69, 9.17) is 0 Å². The Kier molecular flexibility index (Phi) is 6.82. The number of hydrogen-bond donors (Lipinski definition) is 1. The smallest absolute Gasteiger partial charge is 0.348 e. The van der Waals surface area contributed by atoms with Crippen molar-refractivity contribution in [2.24, 2.45) is 0 Å². The number of aryl methyl sites for hydroxylation is 1. The Morgan fingerprint density at radius 1 is 1.00 bits per heavy atom. The summed E-state index contributed by atoms with van der Waals surface area (Å²) in [5.41, 5.74) is 1.84. The molecule has 34 heavy (non-hydrogen) atoms. The average Bonchev–Trinajstić information content (AvgIpc) is 3.33.